The van der Waals surface area contributed by atoms with Crippen molar-refractivity contribution in [1.82, 2.24) is 5.32 Å². The maximum Gasteiger partial charge on any atom is 0.139 e. The first-order valence-electron chi connectivity index (χ1n) is 6.20. The molecular formula is C13H18FNO2S. The lowest BCUT2D eigenvalue weighted by Crippen LogP contribution is -2.48. The van der Waals surface area contributed by atoms with Gasteiger partial charge in [0.05, 0.1) is 27.6 Å². The Morgan fingerprint density at radius 1 is 1.50 bits per heavy atom. The molecule has 0 radical (unpaired) electrons. The zero-order valence-electron chi connectivity index (χ0n) is 10.4. The lowest BCUT2D eigenvalue weighted by Gasteiger charge is -2.31. The van der Waals surface area contributed by atoms with Crippen molar-refractivity contribution in [3.05, 3.63) is 30.1 Å². The van der Waals surface area contributed by atoms with Crippen LogP contribution in [0.15, 0.2) is 29.2 Å². The molecule has 2 rings (SSSR count). The molecule has 1 N–H and O–H groups in total. The van der Waals surface area contributed by atoms with Crippen LogP contribution in [-0.4, -0.2) is 35.3 Å². The summed E-state index contributed by atoms with van der Waals surface area (Å²) in [5.41, 5.74) is 0. The summed E-state index contributed by atoms with van der Waals surface area (Å²) in [5.74, 6) is -0.406. The number of benzene rings is 1. The number of rotatable bonds is 4. The van der Waals surface area contributed by atoms with Crippen LogP contribution >= 0.6 is 0 Å². The van der Waals surface area contributed by atoms with E-state index in [-0.39, 0.29) is 16.2 Å². The molecule has 1 aliphatic heterocycles. The molecule has 1 fully saturated rings. The molecule has 0 saturated carbocycles. The second kappa shape index (κ2) is 6.41. The van der Waals surface area contributed by atoms with Crippen LogP contribution < -0.4 is 5.32 Å². The molecule has 3 unspecified atom stereocenters. The summed E-state index contributed by atoms with van der Waals surface area (Å²) >= 11 is 0. The molecule has 5 heteroatoms. The Kier molecular flexibility index (Phi) is 4.86. The van der Waals surface area contributed by atoms with Crippen molar-refractivity contribution in [2.45, 2.75) is 29.5 Å². The van der Waals surface area contributed by atoms with Gasteiger partial charge in [0.1, 0.15) is 5.82 Å². The maximum absolute atomic E-state index is 13.7. The molecule has 1 heterocycles. The van der Waals surface area contributed by atoms with E-state index >= 15 is 0 Å². The fraction of sp³-hybridized carbons (Fsp3) is 0.538. The molecule has 0 amide bonds. The Morgan fingerprint density at radius 3 is 3.00 bits per heavy atom. The Bertz CT molecular complexity index is 425. The predicted octanol–water partition coefficient (Wildman–Crippen LogP) is 1.70. The minimum atomic E-state index is -1.38. The average molecular weight is 271 g/mol. The normalized spacial score (nSPS) is 25.9. The van der Waals surface area contributed by atoms with Crippen molar-refractivity contribution in [2.75, 3.05) is 19.8 Å². The van der Waals surface area contributed by atoms with Crippen LogP contribution in [0, 0.1) is 5.82 Å². The van der Waals surface area contributed by atoms with Crippen molar-refractivity contribution >= 4 is 10.8 Å². The number of nitrogens with one attached hydrogen (secondary N) is 1. The fourth-order valence-corrected chi connectivity index (χ4v) is 3.74. The van der Waals surface area contributed by atoms with Gasteiger partial charge in [-0.15, -0.1) is 0 Å². The molecule has 18 heavy (non-hydrogen) atoms. The molecular weight excluding hydrogens is 253 g/mol. The van der Waals surface area contributed by atoms with Crippen molar-refractivity contribution in [2.24, 2.45) is 0 Å². The first-order chi connectivity index (χ1) is 8.74. The Balaban J connectivity index is 2.18. The van der Waals surface area contributed by atoms with Gasteiger partial charge in [0, 0.05) is 12.6 Å². The third kappa shape index (κ3) is 2.96. The maximum atomic E-state index is 13.7. The Hall–Kier alpha value is -0.780. The van der Waals surface area contributed by atoms with Crippen LogP contribution in [0.4, 0.5) is 4.39 Å². The van der Waals surface area contributed by atoms with E-state index in [0.717, 1.165) is 13.0 Å². The predicted molar refractivity (Wildman–Crippen MR) is 69.5 cm³/mol. The van der Waals surface area contributed by atoms with Crippen LogP contribution in [0.2, 0.25) is 0 Å². The largest absolute Gasteiger partial charge is 0.380 e. The zero-order valence-corrected chi connectivity index (χ0v) is 11.2. The third-order valence-electron chi connectivity index (χ3n) is 3.10. The highest BCUT2D eigenvalue weighted by molar-refractivity contribution is 7.85. The van der Waals surface area contributed by atoms with Crippen molar-refractivity contribution < 1.29 is 13.3 Å². The second-order valence-electron chi connectivity index (χ2n) is 4.29. The summed E-state index contributed by atoms with van der Waals surface area (Å²) in [6.07, 6.45) is 0.818. The molecule has 0 aromatic heterocycles. The highest BCUT2D eigenvalue weighted by atomic mass is 32.2. The molecule has 3 nitrogen and oxygen atoms in total. The quantitative estimate of drug-likeness (QED) is 0.906. The topological polar surface area (TPSA) is 38.3 Å². The zero-order chi connectivity index (χ0) is 13.0. The van der Waals surface area contributed by atoms with Crippen LogP contribution in [0.25, 0.3) is 0 Å². The summed E-state index contributed by atoms with van der Waals surface area (Å²) in [6, 6.07) is 6.38. The highest BCUT2D eigenvalue weighted by Gasteiger charge is 2.31. The van der Waals surface area contributed by atoms with E-state index in [1.165, 1.54) is 6.07 Å². The summed E-state index contributed by atoms with van der Waals surface area (Å²) in [7, 11) is -1.38. The molecule has 1 aliphatic rings. The summed E-state index contributed by atoms with van der Waals surface area (Å²) < 4.78 is 31.5. The van der Waals surface area contributed by atoms with Gasteiger partial charge in [-0.1, -0.05) is 19.1 Å². The van der Waals surface area contributed by atoms with Crippen molar-refractivity contribution in [3.63, 3.8) is 0 Å². The summed E-state index contributed by atoms with van der Waals surface area (Å²) in [6.45, 7) is 3.91. The number of hydrogen-bond acceptors (Lipinski definition) is 3. The molecule has 1 saturated heterocycles. The van der Waals surface area contributed by atoms with E-state index in [4.69, 9.17) is 4.74 Å². The fourth-order valence-electron chi connectivity index (χ4n) is 2.19. The molecule has 0 aliphatic carbocycles. The van der Waals surface area contributed by atoms with E-state index in [2.05, 4.69) is 5.32 Å². The summed E-state index contributed by atoms with van der Waals surface area (Å²) in [4.78, 5) is 0.274. The highest BCUT2D eigenvalue weighted by Crippen LogP contribution is 2.21. The van der Waals surface area contributed by atoms with Crippen LogP contribution in [0.3, 0.4) is 0 Å². The molecule has 0 spiro atoms. The monoisotopic (exact) mass is 271 g/mol. The van der Waals surface area contributed by atoms with Crippen LogP contribution in [-0.2, 0) is 15.5 Å². The standard InChI is InChI=1S/C13H18FNO2S/c1-2-15-11-7-8-17-9-13(11)18(16)12-6-4-3-5-10(12)14/h3-6,11,13,15H,2,7-9H2,1H3. The number of halogens is 1. The SMILES string of the molecule is CCNC1CCOCC1S(=O)c1ccccc1F. The van der Waals surface area contributed by atoms with Gasteiger partial charge in [-0.2, -0.15) is 0 Å². The van der Waals surface area contributed by atoms with E-state index < -0.39 is 16.6 Å². The smallest absolute Gasteiger partial charge is 0.139 e. The van der Waals surface area contributed by atoms with Gasteiger partial charge < -0.3 is 10.1 Å². The molecule has 1 aromatic rings. The Labute approximate surface area is 109 Å². The van der Waals surface area contributed by atoms with Gasteiger partial charge in [-0.3, -0.25) is 4.21 Å². The first kappa shape index (κ1) is 13.6. The average Bonchev–Trinajstić information content (AvgIpc) is 2.40. The molecule has 3 atom stereocenters. The van der Waals surface area contributed by atoms with E-state index in [0.29, 0.717) is 13.2 Å². The van der Waals surface area contributed by atoms with E-state index in [9.17, 15) is 8.60 Å². The van der Waals surface area contributed by atoms with Crippen molar-refractivity contribution in [3.8, 4) is 0 Å². The van der Waals surface area contributed by atoms with Crippen molar-refractivity contribution in [1.29, 1.82) is 0 Å². The van der Waals surface area contributed by atoms with Gasteiger partial charge in [0.2, 0.25) is 0 Å². The molecule has 0 bridgehead atoms. The van der Waals surface area contributed by atoms with Crippen LogP contribution in [0.5, 0.6) is 0 Å². The number of hydrogen-bond donors (Lipinski definition) is 1. The second-order valence-corrected chi connectivity index (χ2v) is 5.93. The van der Waals surface area contributed by atoms with Crippen LogP contribution in [0.1, 0.15) is 13.3 Å². The lowest BCUT2D eigenvalue weighted by molar-refractivity contribution is 0.0824. The minimum Gasteiger partial charge on any atom is -0.380 e. The lowest BCUT2D eigenvalue weighted by atomic mass is 10.1. The summed E-state index contributed by atoms with van der Waals surface area (Å²) in [5, 5.41) is 3.12. The van der Waals surface area contributed by atoms with Gasteiger partial charge in [0.25, 0.3) is 0 Å². The molecule has 100 valence electrons. The third-order valence-corrected chi connectivity index (χ3v) is 4.88. The van der Waals surface area contributed by atoms with Gasteiger partial charge in [-0.25, -0.2) is 4.39 Å². The number of ether oxygens (including phenoxy) is 1. The Morgan fingerprint density at radius 2 is 2.28 bits per heavy atom. The van der Waals surface area contributed by atoms with Gasteiger partial charge in [0.15, 0.2) is 0 Å². The van der Waals surface area contributed by atoms with E-state index in [1.807, 2.05) is 6.92 Å². The minimum absolute atomic E-state index is 0.129. The first-order valence-corrected chi connectivity index (χ1v) is 7.41. The van der Waals surface area contributed by atoms with Gasteiger partial charge in [-0.05, 0) is 25.1 Å². The molecule has 1 aromatic carbocycles. The van der Waals surface area contributed by atoms with Gasteiger partial charge >= 0.3 is 0 Å². The van der Waals surface area contributed by atoms with E-state index in [1.54, 1.807) is 18.2 Å².